The molecule has 8 heteroatoms. The predicted molar refractivity (Wildman–Crippen MR) is 118 cm³/mol. The van der Waals surface area contributed by atoms with E-state index in [0.717, 1.165) is 53.5 Å². The van der Waals surface area contributed by atoms with Crippen molar-refractivity contribution in [3.63, 3.8) is 0 Å². The van der Waals surface area contributed by atoms with Crippen LogP contribution in [0.5, 0.6) is 0 Å². The van der Waals surface area contributed by atoms with Gasteiger partial charge in [-0.3, -0.25) is 9.79 Å². The molecule has 5 nitrogen and oxygen atoms in total. The molecule has 1 saturated heterocycles. The second kappa shape index (κ2) is 11.2. The summed E-state index contributed by atoms with van der Waals surface area (Å²) in [7, 11) is 1.76. The molecule has 2 N–H and O–H groups in total. The van der Waals surface area contributed by atoms with Crippen LogP contribution in [0.15, 0.2) is 27.7 Å². The molecule has 1 atom stereocenters. The first kappa shape index (κ1) is 22.5. The molecule has 0 radical (unpaired) electrons. The minimum atomic E-state index is 0. The highest BCUT2D eigenvalue weighted by Crippen LogP contribution is 2.21. The molecule has 0 aromatic heterocycles. The van der Waals surface area contributed by atoms with Crippen LogP contribution >= 0.6 is 51.5 Å². The Labute approximate surface area is 180 Å². The van der Waals surface area contributed by atoms with Gasteiger partial charge >= 0.3 is 0 Å². The number of rotatable bonds is 5. The van der Waals surface area contributed by atoms with Crippen molar-refractivity contribution >= 4 is 63.4 Å². The number of halogens is 3. The topological polar surface area (TPSA) is 56.7 Å². The van der Waals surface area contributed by atoms with Crippen LogP contribution < -0.4 is 10.6 Å². The van der Waals surface area contributed by atoms with Gasteiger partial charge in [-0.2, -0.15) is 0 Å². The normalized spacial score (nSPS) is 17.2. The summed E-state index contributed by atoms with van der Waals surface area (Å²) in [5.74, 6) is 0.983. The van der Waals surface area contributed by atoms with E-state index in [-0.39, 0.29) is 35.9 Å². The Hall–Kier alpha value is -0.540. The summed E-state index contributed by atoms with van der Waals surface area (Å²) in [4.78, 5) is 17.9. The minimum Gasteiger partial charge on any atom is -0.356 e. The number of carbonyl (C=O) groups is 1. The highest BCUT2D eigenvalue weighted by Gasteiger charge is 2.25. The number of likely N-dealkylation sites (tertiary alicyclic amines) is 1. The van der Waals surface area contributed by atoms with E-state index in [1.165, 1.54) is 0 Å². The van der Waals surface area contributed by atoms with Crippen molar-refractivity contribution in [2.75, 3.05) is 26.7 Å². The average Bonchev–Trinajstić information content (AvgIpc) is 3.04. The first-order valence-electron chi connectivity index (χ1n) is 8.22. The molecule has 1 aliphatic rings. The maximum Gasteiger partial charge on any atom is 0.222 e. The van der Waals surface area contributed by atoms with E-state index in [2.05, 4.69) is 31.6 Å². The third kappa shape index (κ3) is 6.94. The van der Waals surface area contributed by atoms with Crippen LogP contribution in [-0.4, -0.2) is 49.5 Å². The lowest BCUT2D eigenvalue weighted by atomic mass is 10.1. The lowest BCUT2D eigenvalue weighted by Gasteiger charge is -2.19. The van der Waals surface area contributed by atoms with Crippen molar-refractivity contribution in [2.24, 2.45) is 4.99 Å². The Morgan fingerprint density at radius 1 is 1.48 bits per heavy atom. The monoisotopic (exact) mass is 542 g/mol. The van der Waals surface area contributed by atoms with Gasteiger partial charge in [0.25, 0.3) is 0 Å². The minimum absolute atomic E-state index is 0. The molecule has 0 spiro atoms. The molecule has 1 aromatic carbocycles. The summed E-state index contributed by atoms with van der Waals surface area (Å²) in [5, 5.41) is 7.45. The molecule has 1 fully saturated rings. The van der Waals surface area contributed by atoms with E-state index in [1.807, 2.05) is 30.0 Å². The van der Waals surface area contributed by atoms with Gasteiger partial charge in [0, 0.05) is 48.6 Å². The third-order valence-corrected chi connectivity index (χ3v) is 5.11. The van der Waals surface area contributed by atoms with E-state index in [4.69, 9.17) is 11.6 Å². The molecule has 25 heavy (non-hydrogen) atoms. The zero-order valence-corrected chi connectivity index (χ0v) is 19.2. The maximum atomic E-state index is 11.7. The first-order valence-corrected chi connectivity index (χ1v) is 9.39. The molecular formula is C17H25BrClIN4O. The Kier molecular flexibility index (Phi) is 10.1. The van der Waals surface area contributed by atoms with Crippen molar-refractivity contribution in [1.29, 1.82) is 0 Å². The van der Waals surface area contributed by atoms with Crippen molar-refractivity contribution in [3.8, 4) is 0 Å². The predicted octanol–water partition coefficient (Wildman–Crippen LogP) is 3.44. The summed E-state index contributed by atoms with van der Waals surface area (Å²) in [6.45, 7) is 4.21. The summed E-state index contributed by atoms with van der Waals surface area (Å²) in [5.41, 5.74) is 1.16. The third-order valence-electron chi connectivity index (χ3n) is 4.10. The molecule has 0 saturated carbocycles. The Balaban J connectivity index is 0.00000312. The highest BCUT2D eigenvalue weighted by molar-refractivity contribution is 14.0. The number of nitrogens with zero attached hydrogens (tertiary/aromatic N) is 2. The smallest absolute Gasteiger partial charge is 0.222 e. The quantitative estimate of drug-likeness (QED) is 0.340. The fraction of sp³-hybridized carbons (Fsp3) is 0.529. The van der Waals surface area contributed by atoms with Crippen molar-refractivity contribution in [1.82, 2.24) is 15.5 Å². The summed E-state index contributed by atoms with van der Waals surface area (Å²) in [6, 6.07) is 6.05. The molecule has 0 aliphatic carbocycles. The lowest BCUT2D eigenvalue weighted by Crippen LogP contribution is -2.45. The second-order valence-electron chi connectivity index (χ2n) is 5.81. The van der Waals surface area contributed by atoms with E-state index in [9.17, 15) is 4.79 Å². The number of amides is 1. The molecule has 1 aliphatic heterocycles. The lowest BCUT2D eigenvalue weighted by molar-refractivity contribution is -0.129. The molecule has 1 amide bonds. The molecule has 1 aromatic rings. The molecular weight excluding hydrogens is 518 g/mol. The van der Waals surface area contributed by atoms with Gasteiger partial charge in [0.15, 0.2) is 5.96 Å². The number of hydrogen-bond acceptors (Lipinski definition) is 2. The number of carbonyl (C=O) groups excluding carboxylic acids is 1. The largest absolute Gasteiger partial charge is 0.356 e. The van der Waals surface area contributed by atoms with E-state index >= 15 is 0 Å². The number of guanidine groups is 1. The summed E-state index contributed by atoms with van der Waals surface area (Å²) < 4.78 is 1.06. The zero-order valence-electron chi connectivity index (χ0n) is 14.5. The van der Waals surface area contributed by atoms with Gasteiger partial charge in [0.05, 0.1) is 0 Å². The SMILES string of the molecule is CCC(=O)N1CCC(NC(=NC)NCCc2cc(Cl)ccc2Br)C1.I. The van der Waals surface area contributed by atoms with Gasteiger partial charge in [0.1, 0.15) is 0 Å². The zero-order chi connectivity index (χ0) is 17.5. The number of hydrogen-bond donors (Lipinski definition) is 2. The van der Waals surface area contributed by atoms with Gasteiger partial charge in [-0.05, 0) is 36.6 Å². The van der Waals surface area contributed by atoms with Gasteiger partial charge in [-0.25, -0.2) is 0 Å². The molecule has 140 valence electrons. The summed E-state index contributed by atoms with van der Waals surface area (Å²) in [6.07, 6.45) is 2.35. The molecule has 0 bridgehead atoms. The number of nitrogens with one attached hydrogen (secondary N) is 2. The first-order chi connectivity index (χ1) is 11.5. The standard InChI is InChI=1S/C17H24BrClN4O.HI/c1-3-16(24)23-9-7-14(11-23)22-17(20-2)21-8-6-12-10-13(19)4-5-15(12)18;/h4-5,10,14H,3,6-9,11H2,1-2H3,(H2,20,21,22);1H. The molecule has 1 heterocycles. The van der Waals surface area contributed by atoms with Gasteiger partial charge in [-0.1, -0.05) is 34.5 Å². The van der Waals surface area contributed by atoms with Gasteiger partial charge in [0.2, 0.25) is 5.91 Å². The van der Waals surface area contributed by atoms with Crippen LogP contribution in [0.25, 0.3) is 0 Å². The van der Waals surface area contributed by atoms with Crippen LogP contribution in [0.1, 0.15) is 25.3 Å². The number of benzene rings is 1. The Bertz CT molecular complexity index is 614. The Morgan fingerprint density at radius 3 is 2.92 bits per heavy atom. The second-order valence-corrected chi connectivity index (χ2v) is 7.10. The molecule has 2 rings (SSSR count). The van der Waals surface area contributed by atoms with Crippen LogP contribution in [0.4, 0.5) is 0 Å². The van der Waals surface area contributed by atoms with Crippen LogP contribution in [-0.2, 0) is 11.2 Å². The number of aliphatic imine (C=N–C) groups is 1. The van der Waals surface area contributed by atoms with Gasteiger partial charge in [-0.15, -0.1) is 24.0 Å². The fourth-order valence-electron chi connectivity index (χ4n) is 2.77. The van der Waals surface area contributed by atoms with Crippen molar-refractivity contribution < 1.29 is 4.79 Å². The highest BCUT2D eigenvalue weighted by atomic mass is 127. The van der Waals surface area contributed by atoms with E-state index < -0.39 is 0 Å². The van der Waals surface area contributed by atoms with Crippen molar-refractivity contribution in [2.45, 2.75) is 32.2 Å². The van der Waals surface area contributed by atoms with E-state index in [0.29, 0.717) is 6.42 Å². The van der Waals surface area contributed by atoms with Crippen LogP contribution in [0, 0.1) is 0 Å². The van der Waals surface area contributed by atoms with E-state index in [1.54, 1.807) is 7.05 Å². The molecule has 1 unspecified atom stereocenters. The summed E-state index contributed by atoms with van der Waals surface area (Å²) >= 11 is 9.58. The van der Waals surface area contributed by atoms with Gasteiger partial charge < -0.3 is 15.5 Å². The van der Waals surface area contributed by atoms with Crippen LogP contribution in [0.3, 0.4) is 0 Å². The average molecular weight is 544 g/mol. The fourth-order valence-corrected chi connectivity index (χ4v) is 3.41. The van der Waals surface area contributed by atoms with Crippen molar-refractivity contribution in [3.05, 3.63) is 33.3 Å². The maximum absolute atomic E-state index is 11.7. The van der Waals surface area contributed by atoms with Crippen LogP contribution in [0.2, 0.25) is 5.02 Å². The Morgan fingerprint density at radius 2 is 2.24 bits per heavy atom.